The molecule has 4 heteroatoms. The molecule has 2 heterocycles. The summed E-state index contributed by atoms with van der Waals surface area (Å²) in [7, 11) is 0. The molecule has 1 aromatic rings. The Morgan fingerprint density at radius 2 is 2.12 bits per heavy atom. The normalized spacial score (nSPS) is 24.2. The van der Waals surface area contributed by atoms with Gasteiger partial charge in [-0.25, -0.2) is 9.97 Å². The van der Waals surface area contributed by atoms with Gasteiger partial charge in [-0.15, -0.1) is 0 Å². The van der Waals surface area contributed by atoms with Crippen LogP contribution in [0.3, 0.4) is 0 Å². The maximum absolute atomic E-state index is 5.71. The van der Waals surface area contributed by atoms with Gasteiger partial charge in [-0.2, -0.15) is 0 Å². The van der Waals surface area contributed by atoms with Gasteiger partial charge in [-0.1, -0.05) is 13.8 Å². The predicted molar refractivity (Wildman–Crippen MR) is 68.2 cm³/mol. The number of nitrogens with one attached hydrogen (secondary N) is 1. The van der Waals surface area contributed by atoms with Crippen molar-refractivity contribution < 1.29 is 4.74 Å². The number of hydrogen-bond donors (Lipinski definition) is 1. The fourth-order valence-corrected chi connectivity index (χ4v) is 1.97. The number of nitrogens with zero attached hydrogens (tertiary/aromatic N) is 2. The van der Waals surface area contributed by atoms with E-state index in [1.54, 1.807) is 0 Å². The zero-order chi connectivity index (χ0) is 12.3. The lowest BCUT2D eigenvalue weighted by Gasteiger charge is -2.23. The van der Waals surface area contributed by atoms with Gasteiger partial charge in [-0.05, 0) is 31.2 Å². The van der Waals surface area contributed by atoms with Crippen LogP contribution in [0.15, 0.2) is 12.4 Å². The molecule has 17 heavy (non-hydrogen) atoms. The second-order valence-corrected chi connectivity index (χ2v) is 5.25. The molecule has 1 aliphatic rings. The maximum Gasteiger partial charge on any atom is 0.222 e. The van der Waals surface area contributed by atoms with Gasteiger partial charge in [0.05, 0.1) is 5.60 Å². The highest BCUT2D eigenvalue weighted by molar-refractivity contribution is 5.26. The van der Waals surface area contributed by atoms with Crippen molar-refractivity contribution in [1.29, 1.82) is 0 Å². The van der Waals surface area contributed by atoms with E-state index in [2.05, 4.69) is 36.1 Å². The van der Waals surface area contributed by atoms with Crippen LogP contribution in [-0.4, -0.2) is 28.7 Å². The summed E-state index contributed by atoms with van der Waals surface area (Å²) in [4.78, 5) is 8.63. The van der Waals surface area contributed by atoms with Crippen LogP contribution in [0, 0.1) is 0 Å². The number of rotatable bonds is 4. The first-order chi connectivity index (χ1) is 8.09. The molecule has 1 saturated heterocycles. The Morgan fingerprint density at radius 1 is 1.41 bits per heavy atom. The molecular weight excluding hydrogens is 214 g/mol. The van der Waals surface area contributed by atoms with Crippen LogP contribution in [0.5, 0.6) is 0 Å². The fourth-order valence-electron chi connectivity index (χ4n) is 1.97. The molecule has 0 aliphatic carbocycles. The third kappa shape index (κ3) is 3.16. The quantitative estimate of drug-likeness (QED) is 0.871. The zero-order valence-corrected chi connectivity index (χ0v) is 10.9. The van der Waals surface area contributed by atoms with E-state index < -0.39 is 0 Å². The van der Waals surface area contributed by atoms with Crippen LogP contribution in [0.1, 0.15) is 45.1 Å². The minimum atomic E-state index is -0.0555. The van der Waals surface area contributed by atoms with E-state index in [0.29, 0.717) is 11.9 Å². The van der Waals surface area contributed by atoms with Crippen LogP contribution < -0.4 is 5.32 Å². The average Bonchev–Trinajstić information content (AvgIpc) is 2.75. The molecule has 1 aliphatic heterocycles. The lowest BCUT2D eigenvalue weighted by Crippen LogP contribution is -2.33. The first kappa shape index (κ1) is 12.3. The van der Waals surface area contributed by atoms with E-state index in [-0.39, 0.29) is 5.60 Å². The highest BCUT2D eigenvalue weighted by Gasteiger charge is 2.29. The SMILES string of the molecule is CC(C)c1cnc(NCC2(C)CCCO2)nc1. The van der Waals surface area contributed by atoms with Crippen LogP contribution in [-0.2, 0) is 4.74 Å². The molecule has 94 valence electrons. The highest BCUT2D eigenvalue weighted by atomic mass is 16.5. The molecule has 0 amide bonds. The van der Waals surface area contributed by atoms with Gasteiger partial charge >= 0.3 is 0 Å². The third-order valence-electron chi connectivity index (χ3n) is 3.26. The van der Waals surface area contributed by atoms with Crippen LogP contribution in [0.25, 0.3) is 0 Å². The van der Waals surface area contributed by atoms with Crippen molar-refractivity contribution in [3.8, 4) is 0 Å². The topological polar surface area (TPSA) is 47.0 Å². The van der Waals surface area contributed by atoms with E-state index in [1.165, 1.54) is 5.56 Å². The molecule has 0 saturated carbocycles. The monoisotopic (exact) mass is 235 g/mol. The van der Waals surface area contributed by atoms with Gasteiger partial charge in [0.25, 0.3) is 0 Å². The Morgan fingerprint density at radius 3 is 2.65 bits per heavy atom. The Labute approximate surface area is 103 Å². The van der Waals surface area contributed by atoms with Gasteiger partial charge in [-0.3, -0.25) is 0 Å². The second kappa shape index (κ2) is 5.00. The van der Waals surface area contributed by atoms with E-state index in [1.807, 2.05) is 12.4 Å². The molecule has 1 unspecified atom stereocenters. The minimum absolute atomic E-state index is 0.0555. The van der Waals surface area contributed by atoms with Gasteiger partial charge in [0.2, 0.25) is 5.95 Å². The highest BCUT2D eigenvalue weighted by Crippen LogP contribution is 2.24. The van der Waals surface area contributed by atoms with Gasteiger partial charge in [0.1, 0.15) is 0 Å². The Bertz CT molecular complexity index is 355. The van der Waals surface area contributed by atoms with Crippen molar-refractivity contribution in [2.75, 3.05) is 18.5 Å². The lowest BCUT2D eigenvalue weighted by atomic mass is 10.0. The molecule has 0 bridgehead atoms. The summed E-state index contributed by atoms with van der Waals surface area (Å²) in [6.07, 6.45) is 6.02. The summed E-state index contributed by atoms with van der Waals surface area (Å²) in [5.74, 6) is 1.16. The molecular formula is C13H21N3O. The Kier molecular flexibility index (Phi) is 3.62. The summed E-state index contributed by atoms with van der Waals surface area (Å²) in [6, 6.07) is 0. The Hall–Kier alpha value is -1.16. The number of anilines is 1. The summed E-state index contributed by atoms with van der Waals surface area (Å²) in [6.45, 7) is 8.05. The lowest BCUT2D eigenvalue weighted by molar-refractivity contribution is 0.0314. The Balaban J connectivity index is 1.90. The molecule has 1 fully saturated rings. The van der Waals surface area contributed by atoms with Crippen molar-refractivity contribution in [3.05, 3.63) is 18.0 Å². The van der Waals surface area contributed by atoms with Gasteiger partial charge in [0.15, 0.2) is 0 Å². The van der Waals surface area contributed by atoms with E-state index in [0.717, 1.165) is 26.0 Å². The van der Waals surface area contributed by atoms with Crippen molar-refractivity contribution in [2.24, 2.45) is 0 Å². The summed E-state index contributed by atoms with van der Waals surface area (Å²) in [5, 5.41) is 3.25. The molecule has 1 N–H and O–H groups in total. The smallest absolute Gasteiger partial charge is 0.222 e. The maximum atomic E-state index is 5.71. The van der Waals surface area contributed by atoms with Gasteiger partial charge in [0, 0.05) is 25.5 Å². The predicted octanol–water partition coefficient (Wildman–Crippen LogP) is 2.58. The molecule has 0 radical (unpaired) electrons. The molecule has 1 atom stereocenters. The average molecular weight is 235 g/mol. The second-order valence-electron chi connectivity index (χ2n) is 5.25. The van der Waals surface area contributed by atoms with Crippen LogP contribution in [0.4, 0.5) is 5.95 Å². The van der Waals surface area contributed by atoms with Gasteiger partial charge < -0.3 is 10.1 Å². The van der Waals surface area contributed by atoms with Crippen molar-refractivity contribution in [1.82, 2.24) is 9.97 Å². The third-order valence-corrected chi connectivity index (χ3v) is 3.26. The summed E-state index contributed by atoms with van der Waals surface area (Å²) in [5.41, 5.74) is 1.11. The molecule has 2 rings (SSSR count). The molecule has 0 aromatic carbocycles. The van der Waals surface area contributed by atoms with Crippen LogP contribution in [0.2, 0.25) is 0 Å². The molecule has 1 aromatic heterocycles. The van der Waals surface area contributed by atoms with Crippen molar-refractivity contribution in [3.63, 3.8) is 0 Å². The summed E-state index contributed by atoms with van der Waals surface area (Å²) >= 11 is 0. The zero-order valence-electron chi connectivity index (χ0n) is 10.9. The summed E-state index contributed by atoms with van der Waals surface area (Å²) < 4.78 is 5.71. The van der Waals surface area contributed by atoms with Crippen molar-refractivity contribution in [2.45, 2.75) is 45.1 Å². The number of hydrogen-bond acceptors (Lipinski definition) is 4. The van der Waals surface area contributed by atoms with E-state index >= 15 is 0 Å². The molecule has 0 spiro atoms. The van der Waals surface area contributed by atoms with E-state index in [4.69, 9.17) is 4.74 Å². The fraction of sp³-hybridized carbons (Fsp3) is 0.692. The van der Waals surface area contributed by atoms with Crippen molar-refractivity contribution >= 4 is 5.95 Å². The number of aromatic nitrogens is 2. The first-order valence-corrected chi connectivity index (χ1v) is 6.29. The standard InChI is InChI=1S/C13H21N3O/c1-10(2)11-7-14-12(15-8-11)16-9-13(3)5-4-6-17-13/h7-8,10H,4-6,9H2,1-3H3,(H,14,15,16). The first-order valence-electron chi connectivity index (χ1n) is 6.29. The van der Waals surface area contributed by atoms with E-state index in [9.17, 15) is 0 Å². The molecule has 4 nitrogen and oxygen atoms in total. The number of ether oxygens (including phenoxy) is 1. The van der Waals surface area contributed by atoms with Crippen LogP contribution >= 0.6 is 0 Å². The largest absolute Gasteiger partial charge is 0.373 e. The minimum Gasteiger partial charge on any atom is -0.373 e.